The van der Waals surface area contributed by atoms with Crippen LogP contribution in [0.25, 0.3) is 5.69 Å². The minimum absolute atomic E-state index is 0.0418. The number of thioether (sulfide) groups is 1. The smallest absolute Gasteiger partial charge is 0.239 e. The average Bonchev–Trinajstić information content (AvgIpc) is 3.43. The molecule has 0 saturated heterocycles. The average molecular weight is 426 g/mol. The van der Waals surface area contributed by atoms with Gasteiger partial charge in [-0.05, 0) is 30.5 Å². The van der Waals surface area contributed by atoms with E-state index >= 15 is 0 Å². The highest BCUT2D eigenvalue weighted by Crippen LogP contribution is 2.35. The van der Waals surface area contributed by atoms with Crippen LogP contribution in [0.2, 0.25) is 0 Å². The molecule has 3 heterocycles. The van der Waals surface area contributed by atoms with Gasteiger partial charge in [0.1, 0.15) is 5.82 Å². The molecule has 0 fully saturated rings. The quantitative estimate of drug-likeness (QED) is 0.382. The molecule has 0 aliphatic heterocycles. The zero-order valence-corrected chi connectivity index (χ0v) is 18.5. The Morgan fingerprint density at radius 1 is 1.10 bits per heavy atom. The van der Waals surface area contributed by atoms with E-state index in [2.05, 4.69) is 75.3 Å². The first kappa shape index (κ1) is 19.8. The van der Waals surface area contributed by atoms with E-state index in [0.717, 1.165) is 23.1 Å². The number of hydrogen-bond donors (Lipinski definition) is 0. The van der Waals surface area contributed by atoms with Gasteiger partial charge in [-0.3, -0.25) is 4.57 Å². The van der Waals surface area contributed by atoms with E-state index in [1.807, 2.05) is 25.1 Å². The first-order valence-corrected chi connectivity index (χ1v) is 11.2. The van der Waals surface area contributed by atoms with Crippen LogP contribution in [0, 0.1) is 0 Å². The van der Waals surface area contributed by atoms with Crippen molar-refractivity contribution in [3.05, 3.63) is 70.3 Å². The second-order valence-corrected chi connectivity index (χ2v) is 10.1. The van der Waals surface area contributed by atoms with Crippen molar-refractivity contribution in [1.29, 1.82) is 0 Å². The molecule has 0 radical (unpaired) electrons. The number of benzene rings is 1. The molecule has 8 heteroatoms. The minimum Gasteiger partial charge on any atom is -0.338 e. The van der Waals surface area contributed by atoms with Crippen LogP contribution < -0.4 is 0 Å². The summed E-state index contributed by atoms with van der Waals surface area (Å²) >= 11 is 3.30. The van der Waals surface area contributed by atoms with Gasteiger partial charge >= 0.3 is 0 Å². The Bertz CT molecular complexity index is 1060. The van der Waals surface area contributed by atoms with E-state index in [9.17, 15) is 0 Å². The monoisotopic (exact) mass is 425 g/mol. The number of aromatic nitrogens is 5. The summed E-state index contributed by atoms with van der Waals surface area (Å²) in [6, 6.07) is 14.4. The van der Waals surface area contributed by atoms with Gasteiger partial charge in [-0.2, -0.15) is 4.98 Å². The van der Waals surface area contributed by atoms with E-state index in [4.69, 9.17) is 4.52 Å². The Balaban J connectivity index is 1.64. The summed E-state index contributed by atoms with van der Waals surface area (Å²) < 4.78 is 7.64. The molecule has 0 saturated carbocycles. The Kier molecular flexibility index (Phi) is 5.56. The number of para-hydroxylation sites is 1. The maximum Gasteiger partial charge on any atom is 0.239 e. The molecule has 6 nitrogen and oxygen atoms in total. The normalized spacial score (nSPS) is 13.0. The molecule has 1 atom stereocenters. The Morgan fingerprint density at radius 3 is 2.55 bits per heavy atom. The van der Waals surface area contributed by atoms with Gasteiger partial charge in [0.25, 0.3) is 0 Å². The molecule has 0 aliphatic carbocycles. The maximum atomic E-state index is 5.53. The van der Waals surface area contributed by atoms with Gasteiger partial charge in [-0.25, -0.2) is 0 Å². The van der Waals surface area contributed by atoms with E-state index in [1.54, 1.807) is 23.1 Å². The number of rotatable bonds is 6. The standard InChI is InChI=1S/C21H23N5OS2/c1-14(18-22-19(25-27-18)21(2,3)4)29-20-24-23-17(13-16-11-8-12-28-16)26(20)15-9-6-5-7-10-15/h5-12,14H,13H2,1-4H3. The van der Waals surface area contributed by atoms with E-state index in [1.165, 1.54) is 4.88 Å². The van der Waals surface area contributed by atoms with Crippen molar-refractivity contribution in [2.45, 2.75) is 49.9 Å². The summed E-state index contributed by atoms with van der Waals surface area (Å²) in [6.07, 6.45) is 0.739. The largest absolute Gasteiger partial charge is 0.338 e. The van der Waals surface area contributed by atoms with E-state index in [-0.39, 0.29) is 10.7 Å². The molecule has 0 aliphatic rings. The van der Waals surface area contributed by atoms with Crippen LogP contribution in [0.4, 0.5) is 0 Å². The molecule has 3 aromatic heterocycles. The van der Waals surface area contributed by atoms with Gasteiger partial charge in [0.05, 0.1) is 5.25 Å². The van der Waals surface area contributed by atoms with Crippen LogP contribution in [0.5, 0.6) is 0 Å². The summed E-state index contributed by atoms with van der Waals surface area (Å²) in [5.41, 5.74) is 0.893. The van der Waals surface area contributed by atoms with Crippen molar-refractivity contribution >= 4 is 23.1 Å². The Labute approximate surface area is 178 Å². The number of thiophene rings is 1. The summed E-state index contributed by atoms with van der Waals surface area (Å²) in [7, 11) is 0. The van der Waals surface area contributed by atoms with E-state index < -0.39 is 0 Å². The van der Waals surface area contributed by atoms with Crippen molar-refractivity contribution in [3.8, 4) is 5.69 Å². The predicted octanol–water partition coefficient (Wildman–Crippen LogP) is 5.45. The zero-order chi connectivity index (χ0) is 20.4. The fourth-order valence-corrected chi connectivity index (χ4v) is 4.43. The SMILES string of the molecule is CC(Sc1nnc(Cc2cccs2)n1-c1ccccc1)c1nc(C(C)(C)C)no1. The van der Waals surface area contributed by atoms with Crippen molar-refractivity contribution in [1.82, 2.24) is 24.9 Å². The van der Waals surface area contributed by atoms with Crippen LogP contribution >= 0.6 is 23.1 Å². The lowest BCUT2D eigenvalue weighted by Crippen LogP contribution is -2.13. The van der Waals surface area contributed by atoms with Crippen LogP contribution in [-0.4, -0.2) is 24.9 Å². The molecule has 4 aromatic rings. The van der Waals surface area contributed by atoms with Crippen LogP contribution in [-0.2, 0) is 11.8 Å². The predicted molar refractivity (Wildman–Crippen MR) is 116 cm³/mol. The lowest BCUT2D eigenvalue weighted by Gasteiger charge is -2.12. The van der Waals surface area contributed by atoms with Crippen molar-refractivity contribution in [2.24, 2.45) is 0 Å². The first-order chi connectivity index (χ1) is 13.9. The van der Waals surface area contributed by atoms with Gasteiger partial charge in [-0.15, -0.1) is 21.5 Å². The highest BCUT2D eigenvalue weighted by Gasteiger charge is 2.25. The van der Waals surface area contributed by atoms with Crippen LogP contribution in [0.1, 0.15) is 55.4 Å². The molecule has 1 aromatic carbocycles. The third-order valence-corrected chi connectivity index (χ3v) is 6.28. The van der Waals surface area contributed by atoms with Gasteiger partial charge in [0.2, 0.25) is 5.89 Å². The topological polar surface area (TPSA) is 69.6 Å². The molecule has 0 amide bonds. The van der Waals surface area contributed by atoms with Gasteiger partial charge in [0, 0.05) is 22.4 Å². The number of nitrogens with zero attached hydrogens (tertiary/aromatic N) is 5. The van der Waals surface area contributed by atoms with Crippen molar-refractivity contribution in [2.75, 3.05) is 0 Å². The van der Waals surface area contributed by atoms with Crippen LogP contribution in [0.3, 0.4) is 0 Å². The minimum atomic E-state index is -0.149. The summed E-state index contributed by atoms with van der Waals surface area (Å²) in [5, 5.41) is 16.0. The molecule has 0 bridgehead atoms. The van der Waals surface area contributed by atoms with Crippen molar-refractivity contribution in [3.63, 3.8) is 0 Å². The van der Waals surface area contributed by atoms with Gasteiger partial charge in [0.15, 0.2) is 11.0 Å². The summed E-state index contributed by atoms with van der Waals surface area (Å²) in [4.78, 5) is 5.85. The molecule has 1 unspecified atom stereocenters. The van der Waals surface area contributed by atoms with Crippen molar-refractivity contribution < 1.29 is 4.52 Å². The highest BCUT2D eigenvalue weighted by molar-refractivity contribution is 7.99. The highest BCUT2D eigenvalue weighted by atomic mass is 32.2. The molecular weight excluding hydrogens is 402 g/mol. The van der Waals surface area contributed by atoms with Crippen LogP contribution in [0.15, 0.2) is 57.5 Å². The lowest BCUT2D eigenvalue weighted by molar-refractivity contribution is 0.364. The molecule has 29 heavy (non-hydrogen) atoms. The maximum absolute atomic E-state index is 5.53. The van der Waals surface area contributed by atoms with Gasteiger partial charge < -0.3 is 4.52 Å². The fourth-order valence-electron chi connectivity index (χ4n) is 2.81. The zero-order valence-electron chi connectivity index (χ0n) is 16.9. The summed E-state index contributed by atoms with van der Waals surface area (Å²) in [5.74, 6) is 2.22. The summed E-state index contributed by atoms with van der Waals surface area (Å²) in [6.45, 7) is 8.26. The van der Waals surface area contributed by atoms with Gasteiger partial charge in [-0.1, -0.05) is 62.0 Å². The third kappa shape index (κ3) is 4.43. The molecule has 0 N–H and O–H groups in total. The Hall–Kier alpha value is -2.45. The second kappa shape index (κ2) is 8.12. The molecule has 150 valence electrons. The second-order valence-electron chi connectivity index (χ2n) is 7.79. The number of hydrogen-bond acceptors (Lipinski definition) is 7. The van der Waals surface area contributed by atoms with E-state index in [0.29, 0.717) is 11.7 Å². The molecule has 4 rings (SSSR count). The third-order valence-electron chi connectivity index (χ3n) is 4.37. The Morgan fingerprint density at radius 2 is 1.90 bits per heavy atom. The molecular formula is C21H23N5OS2. The first-order valence-electron chi connectivity index (χ1n) is 9.44. The lowest BCUT2D eigenvalue weighted by atomic mass is 9.96. The fraction of sp³-hybridized carbons (Fsp3) is 0.333. The molecule has 0 spiro atoms.